The van der Waals surface area contributed by atoms with E-state index in [2.05, 4.69) is 4.98 Å². The number of hydrogen-bond acceptors (Lipinski definition) is 2. The van der Waals surface area contributed by atoms with Crippen LogP contribution in [0.15, 0.2) is 30.5 Å². The van der Waals surface area contributed by atoms with E-state index in [-0.39, 0.29) is 11.9 Å². The average Bonchev–Trinajstić information content (AvgIpc) is 3.06. The Bertz CT molecular complexity index is 743. The highest BCUT2D eigenvalue weighted by molar-refractivity contribution is 5.89. The van der Waals surface area contributed by atoms with Crippen molar-refractivity contribution in [3.8, 4) is 0 Å². The number of aromatic nitrogens is 1. The number of fused-ring (bicyclic) bond motifs is 1. The molecule has 25 heavy (non-hydrogen) atoms. The molecule has 3 amide bonds. The maximum atomic E-state index is 12.6. The van der Waals surface area contributed by atoms with Gasteiger partial charge in [-0.25, -0.2) is 4.79 Å². The lowest BCUT2D eigenvalue weighted by atomic mass is 10.1. The van der Waals surface area contributed by atoms with Crippen molar-refractivity contribution in [2.75, 3.05) is 39.3 Å². The molecule has 3 rings (SSSR count). The molecular weight excluding hydrogens is 316 g/mol. The van der Waals surface area contributed by atoms with E-state index in [1.54, 1.807) is 0 Å². The Morgan fingerprint density at radius 1 is 1.04 bits per heavy atom. The zero-order valence-electron chi connectivity index (χ0n) is 15.0. The Kier molecular flexibility index (Phi) is 5.26. The smallest absolute Gasteiger partial charge is 0.320 e. The van der Waals surface area contributed by atoms with E-state index in [1.165, 1.54) is 0 Å². The largest absolute Gasteiger partial charge is 0.361 e. The van der Waals surface area contributed by atoms with Crippen LogP contribution in [0.25, 0.3) is 10.9 Å². The van der Waals surface area contributed by atoms with Gasteiger partial charge >= 0.3 is 6.03 Å². The maximum Gasteiger partial charge on any atom is 0.320 e. The zero-order chi connectivity index (χ0) is 17.8. The van der Waals surface area contributed by atoms with Crippen molar-refractivity contribution in [1.82, 2.24) is 19.7 Å². The fourth-order valence-corrected chi connectivity index (χ4v) is 3.39. The number of hydrogen-bond donors (Lipinski definition) is 1. The van der Waals surface area contributed by atoms with Crippen molar-refractivity contribution in [1.29, 1.82) is 0 Å². The van der Waals surface area contributed by atoms with Crippen LogP contribution in [0.3, 0.4) is 0 Å². The van der Waals surface area contributed by atoms with Gasteiger partial charge in [0.2, 0.25) is 5.91 Å². The molecule has 0 atom stereocenters. The first-order chi connectivity index (χ1) is 12.1. The van der Waals surface area contributed by atoms with Crippen molar-refractivity contribution >= 4 is 22.8 Å². The third kappa shape index (κ3) is 3.62. The summed E-state index contributed by atoms with van der Waals surface area (Å²) in [4.78, 5) is 33.8. The van der Waals surface area contributed by atoms with Gasteiger partial charge in [-0.2, -0.15) is 0 Å². The van der Waals surface area contributed by atoms with E-state index in [1.807, 2.05) is 59.0 Å². The number of para-hydroxylation sites is 1. The highest BCUT2D eigenvalue weighted by Crippen LogP contribution is 2.19. The molecule has 0 radical (unpaired) electrons. The second-order valence-electron chi connectivity index (χ2n) is 6.36. The van der Waals surface area contributed by atoms with Gasteiger partial charge in [-0.05, 0) is 25.5 Å². The number of aromatic amines is 1. The van der Waals surface area contributed by atoms with E-state index < -0.39 is 0 Å². The number of amides is 3. The molecule has 2 aromatic rings. The lowest BCUT2D eigenvalue weighted by Gasteiger charge is -2.37. The number of carbonyl (C=O) groups excluding carboxylic acids is 2. The normalized spacial score (nSPS) is 14.8. The average molecular weight is 342 g/mol. The van der Waals surface area contributed by atoms with Crippen LogP contribution in [0.5, 0.6) is 0 Å². The standard InChI is InChI=1S/C19H26N4O2/c1-3-21(4-2)19(25)23-11-9-22(10-12-23)18(24)13-15-14-20-17-8-6-5-7-16(15)17/h5-8,14,20H,3-4,9-13H2,1-2H3. The topological polar surface area (TPSA) is 59.7 Å². The molecule has 1 fully saturated rings. The minimum absolute atomic E-state index is 0.0775. The summed E-state index contributed by atoms with van der Waals surface area (Å²) < 4.78 is 0. The molecule has 1 aromatic heterocycles. The van der Waals surface area contributed by atoms with Gasteiger partial charge in [0.05, 0.1) is 6.42 Å². The predicted octanol–water partition coefficient (Wildman–Crippen LogP) is 2.32. The van der Waals surface area contributed by atoms with Crippen LogP contribution in [-0.4, -0.2) is 70.9 Å². The van der Waals surface area contributed by atoms with Gasteiger partial charge in [-0.15, -0.1) is 0 Å². The van der Waals surface area contributed by atoms with Gasteiger partial charge in [0.25, 0.3) is 0 Å². The van der Waals surface area contributed by atoms with Gasteiger partial charge in [0.15, 0.2) is 0 Å². The molecule has 1 aliphatic rings. The molecule has 134 valence electrons. The lowest BCUT2D eigenvalue weighted by molar-refractivity contribution is -0.131. The van der Waals surface area contributed by atoms with E-state index in [0.717, 1.165) is 29.6 Å². The summed E-state index contributed by atoms with van der Waals surface area (Å²) in [6.07, 6.45) is 2.32. The Labute approximate surface area is 148 Å². The van der Waals surface area contributed by atoms with Gasteiger partial charge in [0.1, 0.15) is 0 Å². The number of rotatable bonds is 4. The SMILES string of the molecule is CCN(CC)C(=O)N1CCN(C(=O)Cc2c[nH]c3ccccc23)CC1. The van der Waals surface area contributed by atoms with Crippen LogP contribution >= 0.6 is 0 Å². The number of nitrogens with zero attached hydrogens (tertiary/aromatic N) is 3. The lowest BCUT2D eigenvalue weighted by Crippen LogP contribution is -2.54. The predicted molar refractivity (Wildman–Crippen MR) is 98.5 cm³/mol. The number of urea groups is 1. The van der Waals surface area contributed by atoms with E-state index in [4.69, 9.17) is 0 Å². The maximum absolute atomic E-state index is 12.6. The van der Waals surface area contributed by atoms with Crippen molar-refractivity contribution in [3.63, 3.8) is 0 Å². The molecule has 0 saturated carbocycles. The third-order valence-corrected chi connectivity index (χ3v) is 4.95. The first-order valence-corrected chi connectivity index (χ1v) is 9.00. The number of piperazine rings is 1. The summed E-state index contributed by atoms with van der Waals surface area (Å²) in [6, 6.07) is 8.10. The molecule has 0 spiro atoms. The summed E-state index contributed by atoms with van der Waals surface area (Å²) >= 11 is 0. The second-order valence-corrected chi connectivity index (χ2v) is 6.36. The van der Waals surface area contributed by atoms with Gasteiger partial charge in [-0.3, -0.25) is 4.79 Å². The zero-order valence-corrected chi connectivity index (χ0v) is 15.0. The van der Waals surface area contributed by atoms with Gasteiger partial charge in [0, 0.05) is 56.4 Å². The molecule has 6 nitrogen and oxygen atoms in total. The summed E-state index contributed by atoms with van der Waals surface area (Å²) in [5, 5.41) is 1.10. The Morgan fingerprint density at radius 3 is 2.36 bits per heavy atom. The fourth-order valence-electron chi connectivity index (χ4n) is 3.39. The molecule has 6 heteroatoms. The van der Waals surface area contributed by atoms with Crippen molar-refractivity contribution in [3.05, 3.63) is 36.0 Å². The Balaban J connectivity index is 1.57. The van der Waals surface area contributed by atoms with Crippen LogP contribution in [0.4, 0.5) is 4.79 Å². The van der Waals surface area contributed by atoms with E-state index in [0.29, 0.717) is 32.6 Å². The number of nitrogens with one attached hydrogen (secondary N) is 1. The second kappa shape index (κ2) is 7.59. The van der Waals surface area contributed by atoms with E-state index >= 15 is 0 Å². The Morgan fingerprint density at radius 2 is 1.68 bits per heavy atom. The van der Waals surface area contributed by atoms with Gasteiger partial charge in [-0.1, -0.05) is 18.2 Å². The van der Waals surface area contributed by atoms with Crippen molar-refractivity contribution < 1.29 is 9.59 Å². The molecule has 0 bridgehead atoms. The van der Waals surface area contributed by atoms with Gasteiger partial charge < -0.3 is 19.7 Å². The van der Waals surface area contributed by atoms with Crippen molar-refractivity contribution in [2.45, 2.75) is 20.3 Å². The Hall–Kier alpha value is -2.50. The molecule has 0 unspecified atom stereocenters. The fraction of sp³-hybridized carbons (Fsp3) is 0.474. The van der Waals surface area contributed by atoms with Crippen LogP contribution in [-0.2, 0) is 11.2 Å². The molecule has 0 aliphatic carbocycles. The first-order valence-electron chi connectivity index (χ1n) is 9.00. The van der Waals surface area contributed by atoms with Crippen LogP contribution in [0.2, 0.25) is 0 Å². The molecule has 1 N–H and O–H groups in total. The molecule has 1 aliphatic heterocycles. The molecular formula is C19H26N4O2. The highest BCUT2D eigenvalue weighted by atomic mass is 16.2. The quantitative estimate of drug-likeness (QED) is 0.927. The van der Waals surface area contributed by atoms with Crippen LogP contribution < -0.4 is 0 Å². The number of benzene rings is 1. The number of carbonyl (C=O) groups is 2. The summed E-state index contributed by atoms with van der Waals surface area (Å²) in [5.41, 5.74) is 2.09. The van der Waals surface area contributed by atoms with Crippen LogP contribution in [0, 0.1) is 0 Å². The number of H-pyrrole nitrogens is 1. The summed E-state index contributed by atoms with van der Waals surface area (Å²) in [6.45, 7) is 7.83. The molecule has 2 heterocycles. The summed E-state index contributed by atoms with van der Waals surface area (Å²) in [7, 11) is 0. The minimum atomic E-state index is 0.0775. The first kappa shape index (κ1) is 17.3. The van der Waals surface area contributed by atoms with E-state index in [9.17, 15) is 9.59 Å². The highest BCUT2D eigenvalue weighted by Gasteiger charge is 2.26. The van der Waals surface area contributed by atoms with Crippen LogP contribution in [0.1, 0.15) is 19.4 Å². The third-order valence-electron chi connectivity index (χ3n) is 4.95. The minimum Gasteiger partial charge on any atom is -0.361 e. The monoisotopic (exact) mass is 342 g/mol. The van der Waals surface area contributed by atoms with Crippen molar-refractivity contribution in [2.24, 2.45) is 0 Å². The molecule has 1 aromatic carbocycles. The summed E-state index contributed by atoms with van der Waals surface area (Å²) in [5.74, 6) is 0.125. The molecule has 1 saturated heterocycles.